The van der Waals surface area contributed by atoms with Crippen molar-refractivity contribution in [2.24, 2.45) is 0 Å². The number of hydrogen-bond acceptors (Lipinski definition) is 4. The van der Waals surface area contributed by atoms with Crippen LogP contribution in [0.1, 0.15) is 11.1 Å². The van der Waals surface area contributed by atoms with Crippen molar-refractivity contribution in [3.63, 3.8) is 0 Å². The van der Waals surface area contributed by atoms with E-state index >= 15 is 0 Å². The van der Waals surface area contributed by atoms with Crippen LogP contribution in [0.2, 0.25) is 0 Å². The van der Waals surface area contributed by atoms with Gasteiger partial charge in [0.25, 0.3) is 0 Å². The Morgan fingerprint density at radius 1 is 1.25 bits per heavy atom. The third kappa shape index (κ3) is 2.91. The van der Waals surface area contributed by atoms with Gasteiger partial charge in [0.15, 0.2) is 0 Å². The Labute approximate surface area is 94.3 Å². The fourth-order valence-electron chi connectivity index (χ4n) is 1.47. The average Bonchev–Trinajstić information content (AvgIpc) is 2.30. The molecule has 0 spiro atoms. The highest BCUT2D eigenvalue weighted by Gasteiger charge is 2.13. The predicted octanol–water partition coefficient (Wildman–Crippen LogP) is 1.63. The van der Waals surface area contributed by atoms with Crippen LogP contribution in [0.3, 0.4) is 0 Å². The van der Waals surface area contributed by atoms with E-state index in [4.69, 9.17) is 14.3 Å². The summed E-state index contributed by atoms with van der Waals surface area (Å²) in [4.78, 5) is 4.74. The summed E-state index contributed by atoms with van der Waals surface area (Å²) >= 11 is 0. The molecule has 0 radical (unpaired) electrons. The van der Waals surface area contributed by atoms with Crippen LogP contribution in [0.5, 0.6) is 5.75 Å². The third-order valence-electron chi connectivity index (χ3n) is 2.18. The van der Waals surface area contributed by atoms with E-state index in [1.54, 1.807) is 6.07 Å². The number of halogens is 1. The first-order chi connectivity index (χ1) is 7.74. The summed E-state index contributed by atoms with van der Waals surface area (Å²) in [5.41, 5.74) is 3.92. The van der Waals surface area contributed by atoms with Crippen LogP contribution >= 0.6 is 0 Å². The largest absolute Gasteiger partial charge is 0.496 e. The molecule has 0 aliphatic carbocycles. The average molecular weight is 229 g/mol. The van der Waals surface area contributed by atoms with Crippen LogP contribution in [0.25, 0.3) is 0 Å². The van der Waals surface area contributed by atoms with Crippen molar-refractivity contribution in [1.82, 2.24) is 5.48 Å². The van der Waals surface area contributed by atoms with Gasteiger partial charge in [-0.05, 0) is 6.07 Å². The van der Waals surface area contributed by atoms with Crippen LogP contribution in [-0.2, 0) is 22.7 Å². The lowest BCUT2D eigenvalue weighted by atomic mass is 10.1. The van der Waals surface area contributed by atoms with E-state index in [1.807, 2.05) is 0 Å². The molecule has 1 N–H and O–H groups in total. The summed E-state index contributed by atoms with van der Waals surface area (Å²) in [5.74, 6) is 0.159. The summed E-state index contributed by atoms with van der Waals surface area (Å²) in [6.07, 6.45) is 0. The van der Waals surface area contributed by atoms with E-state index in [0.717, 1.165) is 5.56 Å². The van der Waals surface area contributed by atoms with E-state index in [0.29, 0.717) is 17.9 Å². The number of hydroxylamine groups is 1. The molecule has 0 amide bonds. The standard InChI is InChI=1S/C11H16FNO3/c1-14-7-9-10(12)5-4-8(6-13-16-3)11(9)15-2/h4-5,13H,6-7H2,1-3H3. The van der Waals surface area contributed by atoms with Crippen molar-refractivity contribution in [2.75, 3.05) is 21.3 Å². The van der Waals surface area contributed by atoms with Gasteiger partial charge in [-0.15, -0.1) is 0 Å². The maximum Gasteiger partial charge on any atom is 0.132 e. The molecule has 1 aromatic rings. The quantitative estimate of drug-likeness (QED) is 0.753. The van der Waals surface area contributed by atoms with Gasteiger partial charge < -0.3 is 14.3 Å². The molecule has 0 bridgehead atoms. The molecule has 0 aliphatic heterocycles. The van der Waals surface area contributed by atoms with Gasteiger partial charge in [0.05, 0.1) is 26.4 Å². The van der Waals surface area contributed by atoms with Gasteiger partial charge in [-0.1, -0.05) is 6.07 Å². The highest BCUT2D eigenvalue weighted by Crippen LogP contribution is 2.27. The minimum atomic E-state index is -0.333. The van der Waals surface area contributed by atoms with Crippen molar-refractivity contribution in [2.45, 2.75) is 13.2 Å². The fourth-order valence-corrected chi connectivity index (χ4v) is 1.47. The summed E-state index contributed by atoms with van der Waals surface area (Å²) in [7, 11) is 4.54. The smallest absolute Gasteiger partial charge is 0.132 e. The zero-order chi connectivity index (χ0) is 12.0. The zero-order valence-electron chi connectivity index (χ0n) is 9.67. The molecule has 0 saturated carbocycles. The molecule has 5 heteroatoms. The Balaban J connectivity index is 3.04. The van der Waals surface area contributed by atoms with E-state index < -0.39 is 0 Å². The van der Waals surface area contributed by atoms with Gasteiger partial charge in [-0.25, -0.2) is 4.39 Å². The maximum atomic E-state index is 13.5. The number of nitrogens with one attached hydrogen (secondary N) is 1. The molecule has 4 nitrogen and oxygen atoms in total. The number of benzene rings is 1. The molecule has 0 fully saturated rings. The highest BCUT2D eigenvalue weighted by atomic mass is 19.1. The monoisotopic (exact) mass is 229 g/mol. The van der Waals surface area contributed by atoms with Crippen LogP contribution in [0.4, 0.5) is 4.39 Å². The predicted molar refractivity (Wildman–Crippen MR) is 57.5 cm³/mol. The fraction of sp³-hybridized carbons (Fsp3) is 0.455. The van der Waals surface area contributed by atoms with E-state index in [2.05, 4.69) is 5.48 Å². The second-order valence-corrected chi connectivity index (χ2v) is 3.18. The van der Waals surface area contributed by atoms with Crippen molar-refractivity contribution >= 4 is 0 Å². The number of methoxy groups -OCH3 is 2. The molecular formula is C11H16FNO3. The first-order valence-corrected chi connectivity index (χ1v) is 4.83. The lowest BCUT2D eigenvalue weighted by Gasteiger charge is -2.14. The van der Waals surface area contributed by atoms with Crippen LogP contribution < -0.4 is 10.2 Å². The minimum Gasteiger partial charge on any atom is -0.496 e. The number of ether oxygens (including phenoxy) is 2. The Bertz CT molecular complexity index is 344. The lowest BCUT2D eigenvalue weighted by Crippen LogP contribution is -2.13. The lowest BCUT2D eigenvalue weighted by molar-refractivity contribution is 0.0859. The van der Waals surface area contributed by atoms with Crippen LogP contribution in [-0.4, -0.2) is 21.3 Å². The zero-order valence-corrected chi connectivity index (χ0v) is 9.67. The first kappa shape index (κ1) is 12.9. The third-order valence-corrected chi connectivity index (χ3v) is 2.18. The molecule has 0 heterocycles. The summed E-state index contributed by atoms with van der Waals surface area (Å²) < 4.78 is 23.6. The molecule has 0 atom stereocenters. The molecule has 0 saturated heterocycles. The molecule has 0 aromatic heterocycles. The van der Waals surface area contributed by atoms with Gasteiger partial charge in [0.2, 0.25) is 0 Å². The molecule has 1 aromatic carbocycles. The van der Waals surface area contributed by atoms with Crippen molar-refractivity contribution in [3.8, 4) is 5.75 Å². The molecule has 90 valence electrons. The van der Waals surface area contributed by atoms with E-state index in [9.17, 15) is 4.39 Å². The minimum absolute atomic E-state index is 0.176. The van der Waals surface area contributed by atoms with Gasteiger partial charge in [0.1, 0.15) is 11.6 Å². The van der Waals surface area contributed by atoms with Crippen molar-refractivity contribution in [3.05, 3.63) is 29.1 Å². The van der Waals surface area contributed by atoms with Gasteiger partial charge in [-0.3, -0.25) is 0 Å². The normalized spacial score (nSPS) is 10.5. The Hall–Kier alpha value is -1.17. The Morgan fingerprint density at radius 3 is 2.56 bits per heavy atom. The highest BCUT2D eigenvalue weighted by molar-refractivity contribution is 5.42. The molecular weight excluding hydrogens is 213 g/mol. The Morgan fingerprint density at radius 2 is 2.00 bits per heavy atom. The van der Waals surface area contributed by atoms with Crippen LogP contribution in [0, 0.1) is 5.82 Å². The molecule has 1 rings (SSSR count). The number of hydrogen-bond donors (Lipinski definition) is 1. The van der Waals surface area contributed by atoms with Crippen molar-refractivity contribution < 1.29 is 18.7 Å². The maximum absolute atomic E-state index is 13.5. The van der Waals surface area contributed by atoms with Gasteiger partial charge >= 0.3 is 0 Å². The molecule has 0 unspecified atom stereocenters. The van der Waals surface area contributed by atoms with Gasteiger partial charge in [0, 0.05) is 19.2 Å². The van der Waals surface area contributed by atoms with E-state index in [1.165, 1.54) is 27.4 Å². The summed E-state index contributed by atoms with van der Waals surface area (Å²) in [6, 6.07) is 3.04. The van der Waals surface area contributed by atoms with E-state index in [-0.39, 0.29) is 12.4 Å². The Kier molecular flexibility index (Phi) is 5.18. The molecule has 0 aliphatic rings. The summed E-state index contributed by atoms with van der Waals surface area (Å²) in [5, 5.41) is 0. The van der Waals surface area contributed by atoms with Crippen LogP contribution in [0.15, 0.2) is 12.1 Å². The number of rotatable bonds is 6. The summed E-state index contributed by atoms with van der Waals surface area (Å²) in [6.45, 7) is 0.618. The topological polar surface area (TPSA) is 39.7 Å². The second kappa shape index (κ2) is 6.42. The van der Waals surface area contributed by atoms with Crippen molar-refractivity contribution in [1.29, 1.82) is 0 Å². The second-order valence-electron chi connectivity index (χ2n) is 3.18. The van der Waals surface area contributed by atoms with Gasteiger partial charge in [-0.2, -0.15) is 5.48 Å². The first-order valence-electron chi connectivity index (χ1n) is 4.83. The SMILES string of the molecule is COCc1c(F)ccc(CNOC)c1OC. The molecule has 16 heavy (non-hydrogen) atoms.